The summed E-state index contributed by atoms with van der Waals surface area (Å²) in [7, 11) is 0. The number of furan rings is 2. The number of halogens is 1. The van der Waals surface area contributed by atoms with Gasteiger partial charge in [-0.2, -0.15) is 0 Å². The lowest BCUT2D eigenvalue weighted by atomic mass is 10.1. The van der Waals surface area contributed by atoms with Gasteiger partial charge in [0.05, 0.1) is 33.5 Å². The Balaban J connectivity index is 0.000000195. The van der Waals surface area contributed by atoms with Crippen molar-refractivity contribution in [1.82, 2.24) is 10.2 Å². The van der Waals surface area contributed by atoms with Crippen molar-refractivity contribution in [2.75, 3.05) is 13.2 Å². The van der Waals surface area contributed by atoms with Gasteiger partial charge in [0.15, 0.2) is 0 Å². The molecule has 0 bridgehead atoms. The minimum Gasteiger partial charge on any atom is -0.462 e. The molecule has 1 N–H and O–H groups in total. The fraction of sp³-hybridized carbons (Fsp3) is 0.167. The molecule has 50 heavy (non-hydrogen) atoms. The molecule has 0 unspecified atom stereocenters. The van der Waals surface area contributed by atoms with Gasteiger partial charge in [0, 0.05) is 23.3 Å². The Morgan fingerprint density at radius 1 is 0.920 bits per heavy atom. The molecule has 2 aromatic carbocycles. The normalized spacial score (nSPS) is 15.8. The van der Waals surface area contributed by atoms with E-state index in [1.807, 2.05) is 44.2 Å². The van der Waals surface area contributed by atoms with Crippen molar-refractivity contribution < 1.29 is 37.5 Å². The predicted octanol–water partition coefficient (Wildman–Crippen LogP) is 8.54. The van der Waals surface area contributed by atoms with Crippen LogP contribution in [0, 0.1) is 6.92 Å². The number of thioether (sulfide) groups is 2. The number of esters is 1. The molecule has 0 saturated carbocycles. The van der Waals surface area contributed by atoms with Gasteiger partial charge in [0.2, 0.25) is 0 Å². The Bertz CT molecular complexity index is 2080. The van der Waals surface area contributed by atoms with Crippen LogP contribution in [0.4, 0.5) is 4.79 Å². The number of nitrogens with zero attached hydrogens (tertiary/aromatic N) is 1. The SMILES string of the molecule is CC(=O)CN1C(=O)S/C(=C\c2ccc(-c3cccc(C)c3)o2)C1=O.CCCOC(=O)c1cc(-c2ccc(/C=C3\SC(=S)NC3=O)o2)ccc1Cl. The van der Waals surface area contributed by atoms with Gasteiger partial charge in [-0.3, -0.25) is 24.1 Å². The molecule has 2 aromatic heterocycles. The number of benzene rings is 2. The Hall–Kier alpha value is -4.69. The predicted molar refractivity (Wildman–Crippen MR) is 198 cm³/mol. The second-order valence-corrected chi connectivity index (χ2v) is 14.0. The van der Waals surface area contributed by atoms with E-state index in [2.05, 4.69) is 5.32 Å². The number of ether oxygens (including phenoxy) is 1. The van der Waals surface area contributed by atoms with Crippen molar-refractivity contribution in [3.8, 4) is 22.6 Å². The average molecular weight is 749 g/mol. The standard InChI is InChI=1S/C18H14ClNO4S2.C18H15NO4S/c1-2-7-23-17(22)12-8-10(3-5-13(12)19)14-6-4-11(24-14)9-15-16(21)20-18(25)26-15;1-11-4-3-5-13(8-11)15-7-6-14(23-15)9-16-17(21)19(10-12(2)20)18(22)24-16/h3-6,8-9H,2,7H2,1H3,(H,20,21,25);3-9H,10H2,1-2H3/b15-9-;16-9-. The molecular formula is C36H29ClN2O8S3. The number of carbonyl (C=O) groups is 5. The third-order valence-corrected chi connectivity index (χ3v) is 9.31. The molecule has 4 heterocycles. The Morgan fingerprint density at radius 3 is 2.18 bits per heavy atom. The number of Topliss-reactive ketones (excluding diaryl/α,β-unsaturated/α-hetero) is 1. The Kier molecular flexibility index (Phi) is 12.0. The molecule has 0 aliphatic carbocycles. The molecule has 3 amide bonds. The molecule has 0 spiro atoms. The van der Waals surface area contributed by atoms with Crippen LogP contribution in [-0.2, 0) is 19.1 Å². The number of ketones is 1. The summed E-state index contributed by atoms with van der Waals surface area (Å²) >= 11 is 13.1. The highest BCUT2D eigenvalue weighted by molar-refractivity contribution is 8.26. The quantitative estimate of drug-likeness (QED) is 0.100. The topological polar surface area (TPSA) is 136 Å². The molecule has 256 valence electrons. The van der Waals surface area contributed by atoms with Crippen molar-refractivity contribution in [2.45, 2.75) is 27.2 Å². The molecule has 14 heteroatoms. The van der Waals surface area contributed by atoms with E-state index in [0.717, 1.165) is 34.2 Å². The van der Waals surface area contributed by atoms with E-state index in [1.165, 1.54) is 24.8 Å². The lowest BCUT2D eigenvalue weighted by Gasteiger charge is -2.08. The van der Waals surface area contributed by atoms with Crippen LogP contribution in [0.15, 0.2) is 85.4 Å². The van der Waals surface area contributed by atoms with Crippen molar-refractivity contribution in [3.05, 3.63) is 104 Å². The molecule has 10 nitrogen and oxygen atoms in total. The first-order valence-corrected chi connectivity index (χ1v) is 17.6. The summed E-state index contributed by atoms with van der Waals surface area (Å²) in [6.45, 7) is 5.39. The van der Waals surface area contributed by atoms with Gasteiger partial charge >= 0.3 is 5.97 Å². The second-order valence-electron chi connectivity index (χ2n) is 10.9. The first-order chi connectivity index (χ1) is 23.9. The molecular weight excluding hydrogens is 720 g/mol. The highest BCUT2D eigenvalue weighted by atomic mass is 35.5. The van der Waals surface area contributed by atoms with Crippen LogP contribution in [0.1, 0.15) is 47.7 Å². The number of imide groups is 1. The second kappa shape index (κ2) is 16.3. The van der Waals surface area contributed by atoms with Gasteiger partial charge in [-0.05, 0) is 80.6 Å². The number of nitrogens with one attached hydrogen (secondary N) is 1. The van der Waals surface area contributed by atoms with Crippen LogP contribution >= 0.6 is 47.3 Å². The molecule has 2 aliphatic heterocycles. The van der Waals surface area contributed by atoms with Crippen molar-refractivity contribution in [3.63, 3.8) is 0 Å². The number of aryl methyl sites for hydroxylation is 1. The molecule has 0 atom stereocenters. The minimum atomic E-state index is -0.472. The van der Waals surface area contributed by atoms with Crippen molar-refractivity contribution in [2.24, 2.45) is 0 Å². The number of amides is 3. The number of rotatable bonds is 9. The molecule has 2 fully saturated rings. The minimum absolute atomic E-state index is 0.200. The lowest BCUT2D eigenvalue weighted by Crippen LogP contribution is -2.32. The van der Waals surface area contributed by atoms with Gasteiger partial charge in [-0.1, -0.05) is 66.3 Å². The molecule has 2 saturated heterocycles. The molecule has 0 radical (unpaired) electrons. The monoisotopic (exact) mass is 748 g/mol. The van der Waals surface area contributed by atoms with Crippen LogP contribution in [-0.4, -0.2) is 51.2 Å². The highest BCUT2D eigenvalue weighted by Gasteiger charge is 2.35. The third kappa shape index (κ3) is 9.10. The summed E-state index contributed by atoms with van der Waals surface area (Å²) in [5.74, 6) is 0.807. The molecule has 4 aromatic rings. The average Bonchev–Trinajstić information content (AvgIpc) is 3.86. The van der Waals surface area contributed by atoms with Gasteiger partial charge < -0.3 is 18.9 Å². The van der Waals surface area contributed by atoms with E-state index in [1.54, 1.807) is 42.5 Å². The van der Waals surface area contributed by atoms with E-state index in [9.17, 15) is 24.0 Å². The van der Waals surface area contributed by atoms with E-state index < -0.39 is 17.1 Å². The van der Waals surface area contributed by atoms with Crippen LogP contribution in [0.2, 0.25) is 5.02 Å². The maximum atomic E-state index is 12.2. The van der Waals surface area contributed by atoms with E-state index in [4.69, 9.17) is 37.4 Å². The van der Waals surface area contributed by atoms with Gasteiger partial charge in [0.25, 0.3) is 17.1 Å². The number of hydrogen-bond donors (Lipinski definition) is 1. The van der Waals surface area contributed by atoms with Crippen LogP contribution < -0.4 is 5.32 Å². The summed E-state index contributed by atoms with van der Waals surface area (Å²) in [5.41, 5.74) is 3.03. The van der Waals surface area contributed by atoms with Crippen molar-refractivity contribution in [1.29, 1.82) is 0 Å². The lowest BCUT2D eigenvalue weighted by molar-refractivity contribution is -0.127. The van der Waals surface area contributed by atoms with Gasteiger partial charge in [-0.15, -0.1) is 0 Å². The first-order valence-electron chi connectivity index (χ1n) is 15.1. The summed E-state index contributed by atoms with van der Waals surface area (Å²) in [6, 6.07) is 19.9. The third-order valence-electron chi connectivity index (χ3n) is 6.91. The fourth-order valence-electron chi connectivity index (χ4n) is 4.62. The zero-order valence-corrected chi connectivity index (χ0v) is 30.1. The summed E-state index contributed by atoms with van der Waals surface area (Å²) in [5, 5.41) is 2.43. The number of carbonyl (C=O) groups excluding carboxylic acids is 5. The fourth-order valence-corrected chi connectivity index (χ4v) is 6.65. The molecule has 6 rings (SSSR count). The van der Waals surface area contributed by atoms with Gasteiger partial charge in [0.1, 0.15) is 33.1 Å². The summed E-state index contributed by atoms with van der Waals surface area (Å²) < 4.78 is 17.1. The number of thiocarbonyl (C=S) groups is 1. The summed E-state index contributed by atoms with van der Waals surface area (Å²) in [6.07, 6.45) is 3.88. The van der Waals surface area contributed by atoms with E-state index >= 15 is 0 Å². The van der Waals surface area contributed by atoms with Crippen LogP contribution in [0.5, 0.6) is 0 Å². The zero-order chi connectivity index (χ0) is 35.9. The van der Waals surface area contributed by atoms with E-state index in [0.29, 0.717) is 49.5 Å². The molecule has 2 aliphatic rings. The highest BCUT2D eigenvalue weighted by Crippen LogP contribution is 2.34. The smallest absolute Gasteiger partial charge is 0.339 e. The maximum absolute atomic E-state index is 12.2. The largest absolute Gasteiger partial charge is 0.462 e. The maximum Gasteiger partial charge on any atom is 0.339 e. The Labute approximate surface area is 306 Å². The van der Waals surface area contributed by atoms with Crippen molar-refractivity contribution >= 4 is 92.6 Å². The Morgan fingerprint density at radius 2 is 1.58 bits per heavy atom. The van der Waals surface area contributed by atoms with Crippen LogP contribution in [0.25, 0.3) is 34.8 Å². The van der Waals surface area contributed by atoms with E-state index in [-0.39, 0.29) is 28.7 Å². The number of hydrogen-bond acceptors (Lipinski definition) is 11. The first kappa shape index (κ1) is 36.6. The summed E-state index contributed by atoms with van der Waals surface area (Å²) in [4.78, 5) is 60.7. The van der Waals surface area contributed by atoms with Crippen LogP contribution in [0.3, 0.4) is 0 Å². The van der Waals surface area contributed by atoms with Gasteiger partial charge in [-0.25, -0.2) is 4.79 Å². The zero-order valence-electron chi connectivity index (χ0n) is 26.9.